The summed E-state index contributed by atoms with van der Waals surface area (Å²) in [5.74, 6) is 0.957. The molecule has 0 fully saturated rings. The van der Waals surface area contributed by atoms with Crippen LogP contribution in [-0.4, -0.2) is 18.6 Å². The molecule has 84 valence electrons. The third-order valence-electron chi connectivity index (χ3n) is 3.36. The highest BCUT2D eigenvalue weighted by Gasteiger charge is 2.15. The lowest BCUT2D eigenvalue weighted by atomic mass is 10.0. The summed E-state index contributed by atoms with van der Waals surface area (Å²) >= 11 is 0. The van der Waals surface area contributed by atoms with Crippen molar-refractivity contribution in [2.24, 2.45) is 0 Å². The van der Waals surface area contributed by atoms with Crippen molar-refractivity contribution in [3.63, 3.8) is 0 Å². The number of rotatable bonds is 1. The number of ether oxygens (including phenoxy) is 1. The molecular formula is C13H16N2O. The number of methoxy groups -OCH3 is 1. The van der Waals surface area contributed by atoms with E-state index in [1.807, 2.05) is 0 Å². The molecule has 3 heteroatoms. The zero-order valence-electron chi connectivity index (χ0n) is 9.68. The fraction of sp³-hybridized carbons (Fsp3) is 0.385. The first-order valence-electron chi connectivity index (χ1n) is 5.68. The van der Waals surface area contributed by atoms with E-state index in [1.165, 1.54) is 27.7 Å². The van der Waals surface area contributed by atoms with Gasteiger partial charge in [-0.2, -0.15) is 0 Å². The predicted octanol–water partition coefficient (Wildman–Crippen LogP) is 2.13. The summed E-state index contributed by atoms with van der Waals surface area (Å²) in [7, 11) is 1.72. The summed E-state index contributed by atoms with van der Waals surface area (Å²) in [6.45, 7) is 4.13. The van der Waals surface area contributed by atoms with E-state index in [1.54, 1.807) is 7.11 Å². The van der Waals surface area contributed by atoms with Crippen LogP contribution in [0.1, 0.15) is 16.8 Å². The Hall–Kier alpha value is -1.48. The Kier molecular flexibility index (Phi) is 2.14. The number of aromatic nitrogens is 1. The second-order valence-corrected chi connectivity index (χ2v) is 4.38. The molecule has 1 aliphatic rings. The average Bonchev–Trinajstić information content (AvgIpc) is 2.66. The number of benzene rings is 1. The van der Waals surface area contributed by atoms with Crippen molar-refractivity contribution in [1.29, 1.82) is 0 Å². The van der Waals surface area contributed by atoms with Crippen LogP contribution in [0, 0.1) is 6.92 Å². The van der Waals surface area contributed by atoms with Crippen molar-refractivity contribution in [1.82, 2.24) is 10.3 Å². The number of aromatic amines is 1. The van der Waals surface area contributed by atoms with Crippen LogP contribution in [-0.2, 0) is 13.0 Å². The number of H-pyrrole nitrogens is 1. The molecule has 0 unspecified atom stereocenters. The van der Waals surface area contributed by atoms with E-state index in [4.69, 9.17) is 4.74 Å². The van der Waals surface area contributed by atoms with Crippen LogP contribution in [0.2, 0.25) is 0 Å². The van der Waals surface area contributed by atoms with Crippen molar-refractivity contribution in [2.45, 2.75) is 19.9 Å². The van der Waals surface area contributed by atoms with Crippen LogP contribution >= 0.6 is 0 Å². The highest BCUT2D eigenvalue weighted by molar-refractivity contribution is 5.87. The minimum Gasteiger partial charge on any atom is -0.496 e. The predicted molar refractivity (Wildman–Crippen MR) is 65.0 cm³/mol. The van der Waals surface area contributed by atoms with Crippen molar-refractivity contribution >= 4 is 10.9 Å². The minimum atomic E-state index is 0.957. The third kappa shape index (κ3) is 1.32. The molecule has 0 spiro atoms. The molecule has 0 radical (unpaired) electrons. The van der Waals surface area contributed by atoms with Crippen LogP contribution in [0.3, 0.4) is 0 Å². The summed E-state index contributed by atoms with van der Waals surface area (Å²) in [6, 6.07) is 4.32. The molecule has 2 aromatic rings. The Balaban J connectivity index is 2.27. The van der Waals surface area contributed by atoms with E-state index in [0.29, 0.717) is 0 Å². The summed E-state index contributed by atoms with van der Waals surface area (Å²) < 4.78 is 5.35. The molecule has 0 bridgehead atoms. The van der Waals surface area contributed by atoms with Gasteiger partial charge in [-0.05, 0) is 24.1 Å². The first kappa shape index (κ1) is 9.73. The first-order valence-corrected chi connectivity index (χ1v) is 5.68. The molecule has 3 rings (SSSR count). The molecule has 3 nitrogen and oxygen atoms in total. The molecule has 0 saturated heterocycles. The van der Waals surface area contributed by atoms with Crippen LogP contribution in [0.25, 0.3) is 10.9 Å². The molecule has 0 amide bonds. The van der Waals surface area contributed by atoms with Gasteiger partial charge in [0.05, 0.1) is 7.11 Å². The van der Waals surface area contributed by atoms with Gasteiger partial charge in [0.1, 0.15) is 5.75 Å². The second-order valence-electron chi connectivity index (χ2n) is 4.38. The van der Waals surface area contributed by atoms with Crippen molar-refractivity contribution in [2.75, 3.05) is 13.7 Å². The maximum Gasteiger partial charge on any atom is 0.123 e. The van der Waals surface area contributed by atoms with E-state index >= 15 is 0 Å². The van der Waals surface area contributed by atoms with Gasteiger partial charge >= 0.3 is 0 Å². The van der Waals surface area contributed by atoms with Gasteiger partial charge in [-0.1, -0.05) is 0 Å². The zero-order valence-corrected chi connectivity index (χ0v) is 9.68. The molecule has 0 aliphatic carbocycles. The van der Waals surface area contributed by atoms with E-state index in [2.05, 4.69) is 29.4 Å². The Morgan fingerprint density at radius 3 is 3.00 bits per heavy atom. The van der Waals surface area contributed by atoms with Crippen LogP contribution in [0.4, 0.5) is 0 Å². The molecule has 1 aromatic heterocycles. The Morgan fingerprint density at radius 1 is 1.31 bits per heavy atom. The number of hydrogen-bond donors (Lipinski definition) is 2. The standard InChI is InChI=1S/C13H16N2O/c1-8-5-9-10-7-14-4-3-11(10)15-12(9)6-13(8)16-2/h5-6,14-15H,3-4,7H2,1-2H3. The fourth-order valence-corrected chi connectivity index (χ4v) is 2.50. The van der Waals surface area contributed by atoms with Gasteiger partial charge in [0.25, 0.3) is 0 Å². The molecule has 1 aliphatic heterocycles. The quantitative estimate of drug-likeness (QED) is 0.766. The van der Waals surface area contributed by atoms with Crippen molar-refractivity contribution in [3.05, 3.63) is 29.0 Å². The molecule has 16 heavy (non-hydrogen) atoms. The zero-order chi connectivity index (χ0) is 11.1. The Labute approximate surface area is 94.8 Å². The first-order chi connectivity index (χ1) is 7.79. The largest absolute Gasteiger partial charge is 0.496 e. The van der Waals surface area contributed by atoms with Crippen molar-refractivity contribution < 1.29 is 4.74 Å². The fourth-order valence-electron chi connectivity index (χ4n) is 2.50. The SMILES string of the molecule is COc1cc2[nH]c3c(c2cc1C)CNCC3. The number of aryl methyl sites for hydroxylation is 1. The van der Waals surface area contributed by atoms with E-state index in [9.17, 15) is 0 Å². The Bertz CT molecular complexity index is 542. The second kappa shape index (κ2) is 3.52. The lowest BCUT2D eigenvalue weighted by Gasteiger charge is -2.12. The minimum absolute atomic E-state index is 0.957. The molecule has 2 heterocycles. The van der Waals surface area contributed by atoms with Gasteiger partial charge in [0.2, 0.25) is 0 Å². The van der Waals surface area contributed by atoms with Crippen LogP contribution in [0.15, 0.2) is 12.1 Å². The lowest BCUT2D eigenvalue weighted by Crippen LogP contribution is -2.22. The third-order valence-corrected chi connectivity index (χ3v) is 3.36. The summed E-state index contributed by atoms with van der Waals surface area (Å²) in [6.07, 6.45) is 1.09. The van der Waals surface area contributed by atoms with Gasteiger partial charge in [0, 0.05) is 42.2 Å². The van der Waals surface area contributed by atoms with E-state index < -0.39 is 0 Å². The summed E-state index contributed by atoms with van der Waals surface area (Å²) in [5, 5.41) is 4.75. The Morgan fingerprint density at radius 2 is 2.19 bits per heavy atom. The van der Waals surface area contributed by atoms with Crippen LogP contribution in [0.5, 0.6) is 5.75 Å². The number of fused-ring (bicyclic) bond motifs is 3. The molecule has 2 N–H and O–H groups in total. The topological polar surface area (TPSA) is 37.0 Å². The summed E-state index contributed by atoms with van der Waals surface area (Å²) in [4.78, 5) is 3.50. The average molecular weight is 216 g/mol. The van der Waals surface area contributed by atoms with E-state index in [0.717, 1.165) is 25.3 Å². The van der Waals surface area contributed by atoms with Crippen molar-refractivity contribution in [3.8, 4) is 5.75 Å². The maximum absolute atomic E-state index is 5.35. The summed E-state index contributed by atoms with van der Waals surface area (Å²) in [5.41, 5.74) is 5.19. The number of nitrogens with one attached hydrogen (secondary N) is 2. The van der Waals surface area contributed by atoms with Gasteiger partial charge in [-0.25, -0.2) is 0 Å². The monoisotopic (exact) mass is 216 g/mol. The smallest absolute Gasteiger partial charge is 0.123 e. The maximum atomic E-state index is 5.35. The molecule has 0 saturated carbocycles. The van der Waals surface area contributed by atoms with Crippen LogP contribution < -0.4 is 10.1 Å². The van der Waals surface area contributed by atoms with E-state index in [-0.39, 0.29) is 0 Å². The highest BCUT2D eigenvalue weighted by Crippen LogP contribution is 2.30. The molecule has 0 atom stereocenters. The van der Waals surface area contributed by atoms with Gasteiger partial charge in [-0.3, -0.25) is 0 Å². The van der Waals surface area contributed by atoms with Gasteiger partial charge in [-0.15, -0.1) is 0 Å². The molecule has 1 aromatic carbocycles. The molecular weight excluding hydrogens is 200 g/mol. The highest BCUT2D eigenvalue weighted by atomic mass is 16.5. The number of hydrogen-bond acceptors (Lipinski definition) is 2. The van der Waals surface area contributed by atoms with Gasteiger partial charge < -0.3 is 15.0 Å². The van der Waals surface area contributed by atoms with Gasteiger partial charge in [0.15, 0.2) is 0 Å². The lowest BCUT2D eigenvalue weighted by molar-refractivity contribution is 0.412. The normalized spacial score (nSPS) is 15.1.